The quantitative estimate of drug-likeness (QED) is 0.593. The fourth-order valence-electron chi connectivity index (χ4n) is 1.84. The van der Waals surface area contributed by atoms with Crippen molar-refractivity contribution in [1.82, 2.24) is 9.97 Å². The van der Waals surface area contributed by atoms with Gasteiger partial charge in [-0.2, -0.15) is 4.98 Å². The van der Waals surface area contributed by atoms with Gasteiger partial charge in [-0.25, -0.2) is 9.78 Å². The van der Waals surface area contributed by atoms with Crippen LogP contribution in [0.3, 0.4) is 0 Å². The highest BCUT2D eigenvalue weighted by atomic mass is 35.5. The van der Waals surface area contributed by atoms with Crippen molar-refractivity contribution < 1.29 is 14.6 Å². The number of aromatic nitrogens is 2. The molecule has 0 amide bonds. The summed E-state index contributed by atoms with van der Waals surface area (Å²) in [7, 11) is 1.29. The number of rotatable bonds is 7. The molecule has 0 radical (unpaired) electrons. The number of carbonyl (C=O) groups excluding carboxylic acids is 1. The van der Waals surface area contributed by atoms with E-state index in [0.29, 0.717) is 11.5 Å². The van der Waals surface area contributed by atoms with Gasteiger partial charge in [-0.05, 0) is 24.9 Å². The standard InChI is InChI=1S/C13H20ClN3O3/c1-4-5-6-9(7-18)16-11-10(12(19)20-3)8(2)15-13(14)17-11/h9,18H,4-7H2,1-3H3,(H,15,16,17)/t9-/m0/s1. The number of aliphatic hydroxyl groups is 1. The Bertz CT molecular complexity index is 468. The molecule has 0 fully saturated rings. The minimum atomic E-state index is -0.533. The molecule has 0 unspecified atom stereocenters. The lowest BCUT2D eigenvalue weighted by Crippen LogP contribution is -2.26. The van der Waals surface area contributed by atoms with E-state index in [0.717, 1.165) is 19.3 Å². The molecule has 1 aromatic rings. The van der Waals surface area contributed by atoms with Crippen molar-refractivity contribution in [3.63, 3.8) is 0 Å². The van der Waals surface area contributed by atoms with E-state index in [2.05, 4.69) is 22.2 Å². The Kier molecular flexibility index (Phi) is 6.67. The summed E-state index contributed by atoms with van der Waals surface area (Å²) in [6.45, 7) is 3.67. The third-order valence-corrected chi connectivity index (χ3v) is 3.09. The van der Waals surface area contributed by atoms with Crippen LogP contribution in [0, 0.1) is 6.92 Å². The van der Waals surface area contributed by atoms with E-state index in [1.165, 1.54) is 7.11 Å². The van der Waals surface area contributed by atoms with Crippen LogP contribution in [-0.4, -0.2) is 40.8 Å². The number of carbonyl (C=O) groups is 1. The third kappa shape index (κ3) is 4.31. The van der Waals surface area contributed by atoms with Gasteiger partial charge in [0.25, 0.3) is 0 Å². The van der Waals surface area contributed by atoms with E-state index in [1.807, 2.05) is 0 Å². The van der Waals surface area contributed by atoms with Gasteiger partial charge in [0.1, 0.15) is 11.4 Å². The van der Waals surface area contributed by atoms with Crippen molar-refractivity contribution in [1.29, 1.82) is 0 Å². The van der Waals surface area contributed by atoms with E-state index in [4.69, 9.17) is 16.3 Å². The third-order valence-electron chi connectivity index (χ3n) is 2.92. The highest BCUT2D eigenvalue weighted by molar-refractivity contribution is 6.28. The number of anilines is 1. The second kappa shape index (κ2) is 8.01. The first-order valence-electron chi connectivity index (χ1n) is 6.53. The van der Waals surface area contributed by atoms with Crippen LogP contribution in [0.15, 0.2) is 0 Å². The molecule has 0 spiro atoms. The minimum absolute atomic E-state index is 0.0461. The van der Waals surface area contributed by atoms with Crippen LogP contribution in [0.25, 0.3) is 0 Å². The number of ether oxygens (including phenoxy) is 1. The number of aliphatic hydroxyl groups excluding tert-OH is 1. The van der Waals surface area contributed by atoms with Gasteiger partial charge in [-0.15, -0.1) is 0 Å². The molecule has 0 bridgehead atoms. The van der Waals surface area contributed by atoms with Crippen LogP contribution in [0.4, 0.5) is 5.82 Å². The average molecular weight is 302 g/mol. The molecule has 2 N–H and O–H groups in total. The predicted molar refractivity (Wildman–Crippen MR) is 77.1 cm³/mol. The fourth-order valence-corrected chi connectivity index (χ4v) is 2.05. The molecule has 20 heavy (non-hydrogen) atoms. The molecule has 1 heterocycles. The normalized spacial score (nSPS) is 12.1. The number of hydrogen-bond donors (Lipinski definition) is 2. The molecule has 0 saturated carbocycles. The molecular weight excluding hydrogens is 282 g/mol. The first-order valence-corrected chi connectivity index (χ1v) is 6.91. The molecule has 0 aromatic carbocycles. The van der Waals surface area contributed by atoms with Gasteiger partial charge in [0.15, 0.2) is 0 Å². The molecule has 0 aliphatic carbocycles. The van der Waals surface area contributed by atoms with E-state index < -0.39 is 5.97 Å². The van der Waals surface area contributed by atoms with Crippen LogP contribution in [0.2, 0.25) is 5.28 Å². The maximum Gasteiger partial charge on any atom is 0.343 e. The smallest absolute Gasteiger partial charge is 0.343 e. The van der Waals surface area contributed by atoms with Gasteiger partial charge in [-0.3, -0.25) is 0 Å². The van der Waals surface area contributed by atoms with Gasteiger partial charge in [0.05, 0.1) is 25.5 Å². The summed E-state index contributed by atoms with van der Waals surface area (Å²) in [4.78, 5) is 19.8. The summed E-state index contributed by atoms with van der Waals surface area (Å²) >= 11 is 5.82. The molecular formula is C13H20ClN3O3. The van der Waals surface area contributed by atoms with Crippen molar-refractivity contribution in [2.24, 2.45) is 0 Å². The topological polar surface area (TPSA) is 84.3 Å². The number of esters is 1. The molecule has 0 aliphatic rings. The highest BCUT2D eigenvalue weighted by Crippen LogP contribution is 2.21. The Hall–Kier alpha value is -1.40. The van der Waals surface area contributed by atoms with Gasteiger partial charge in [-0.1, -0.05) is 19.8 Å². The molecule has 0 aliphatic heterocycles. The fraction of sp³-hybridized carbons (Fsp3) is 0.615. The van der Waals surface area contributed by atoms with Crippen LogP contribution < -0.4 is 5.32 Å². The zero-order valence-corrected chi connectivity index (χ0v) is 12.7. The molecule has 1 aromatic heterocycles. The number of nitrogens with zero attached hydrogens (tertiary/aromatic N) is 2. The molecule has 1 rings (SSSR count). The minimum Gasteiger partial charge on any atom is -0.465 e. The van der Waals surface area contributed by atoms with Crippen molar-refractivity contribution in [3.05, 3.63) is 16.5 Å². The maximum absolute atomic E-state index is 11.8. The van der Waals surface area contributed by atoms with Gasteiger partial charge in [0.2, 0.25) is 5.28 Å². The van der Waals surface area contributed by atoms with E-state index in [9.17, 15) is 9.90 Å². The summed E-state index contributed by atoms with van der Waals surface area (Å²) in [6, 6.07) is -0.191. The maximum atomic E-state index is 11.8. The van der Waals surface area contributed by atoms with Crippen molar-refractivity contribution in [2.75, 3.05) is 19.0 Å². The number of hydrogen-bond acceptors (Lipinski definition) is 6. The molecule has 6 nitrogen and oxygen atoms in total. The Balaban J connectivity index is 3.05. The number of methoxy groups -OCH3 is 1. The monoisotopic (exact) mass is 301 g/mol. The number of nitrogens with one attached hydrogen (secondary N) is 1. The summed E-state index contributed by atoms with van der Waals surface area (Å²) in [5.74, 6) is -0.238. The van der Waals surface area contributed by atoms with Crippen molar-refractivity contribution >= 4 is 23.4 Å². The molecule has 7 heteroatoms. The van der Waals surface area contributed by atoms with Crippen LogP contribution >= 0.6 is 11.6 Å². The average Bonchev–Trinajstić information content (AvgIpc) is 2.42. The first kappa shape index (κ1) is 16.7. The second-order valence-electron chi connectivity index (χ2n) is 4.46. The Morgan fingerprint density at radius 1 is 1.50 bits per heavy atom. The van der Waals surface area contributed by atoms with E-state index in [1.54, 1.807) is 6.92 Å². The van der Waals surface area contributed by atoms with Gasteiger partial charge >= 0.3 is 5.97 Å². The van der Waals surface area contributed by atoms with Crippen LogP contribution in [-0.2, 0) is 4.74 Å². The highest BCUT2D eigenvalue weighted by Gasteiger charge is 2.21. The number of aryl methyl sites for hydroxylation is 1. The number of unbranched alkanes of at least 4 members (excludes halogenated alkanes) is 1. The second-order valence-corrected chi connectivity index (χ2v) is 4.80. The zero-order valence-electron chi connectivity index (χ0n) is 11.9. The lowest BCUT2D eigenvalue weighted by molar-refractivity contribution is 0.0600. The van der Waals surface area contributed by atoms with Crippen LogP contribution in [0.5, 0.6) is 0 Å². The Morgan fingerprint density at radius 2 is 2.20 bits per heavy atom. The van der Waals surface area contributed by atoms with Gasteiger partial charge < -0.3 is 15.2 Å². The summed E-state index contributed by atoms with van der Waals surface area (Å²) in [6.07, 6.45) is 2.75. The van der Waals surface area contributed by atoms with E-state index in [-0.39, 0.29) is 23.5 Å². The molecule has 0 saturated heterocycles. The van der Waals surface area contributed by atoms with E-state index >= 15 is 0 Å². The van der Waals surface area contributed by atoms with Crippen molar-refractivity contribution in [2.45, 2.75) is 39.2 Å². The predicted octanol–water partition coefficient (Wildman–Crippen LogP) is 2.19. The van der Waals surface area contributed by atoms with Crippen molar-refractivity contribution in [3.8, 4) is 0 Å². The SMILES string of the molecule is CCCC[C@@H](CO)Nc1nc(Cl)nc(C)c1C(=O)OC. The molecule has 112 valence electrons. The largest absolute Gasteiger partial charge is 0.465 e. The molecule has 1 atom stereocenters. The zero-order chi connectivity index (χ0) is 15.1. The lowest BCUT2D eigenvalue weighted by atomic mass is 10.1. The van der Waals surface area contributed by atoms with Crippen LogP contribution in [0.1, 0.15) is 42.2 Å². The Morgan fingerprint density at radius 3 is 2.75 bits per heavy atom. The number of halogens is 1. The lowest BCUT2D eigenvalue weighted by Gasteiger charge is -2.19. The van der Waals surface area contributed by atoms with Gasteiger partial charge in [0, 0.05) is 0 Å². The summed E-state index contributed by atoms with van der Waals surface area (Å²) in [5.41, 5.74) is 0.679. The summed E-state index contributed by atoms with van der Waals surface area (Å²) in [5, 5.41) is 12.5. The Labute approximate surface area is 123 Å². The summed E-state index contributed by atoms with van der Waals surface area (Å²) < 4.78 is 4.73. The first-order chi connectivity index (χ1) is 9.53.